The van der Waals surface area contributed by atoms with Crippen LogP contribution in [0, 0.1) is 0 Å². The van der Waals surface area contributed by atoms with Crippen LogP contribution in [-0.2, 0) is 0 Å². The van der Waals surface area contributed by atoms with Gasteiger partial charge in [0.25, 0.3) is 0 Å². The van der Waals surface area contributed by atoms with E-state index in [1.807, 2.05) is 19.2 Å². The van der Waals surface area contributed by atoms with Crippen molar-refractivity contribution >= 4 is 11.4 Å². The quantitative estimate of drug-likeness (QED) is 0.749. The molecule has 1 atom stereocenters. The molecule has 2 aliphatic rings. The molecule has 128 valence electrons. The van der Waals surface area contributed by atoms with Gasteiger partial charge in [0.2, 0.25) is 0 Å². The molecule has 3 rings (SSSR count). The van der Waals surface area contributed by atoms with E-state index in [0.717, 1.165) is 42.4 Å². The summed E-state index contributed by atoms with van der Waals surface area (Å²) in [7, 11) is 5.68. The summed E-state index contributed by atoms with van der Waals surface area (Å²) in [6.07, 6.45) is 3.82. The van der Waals surface area contributed by atoms with E-state index in [2.05, 4.69) is 27.5 Å². The Hall–Kier alpha value is -1.66. The first kappa shape index (κ1) is 16.2. The van der Waals surface area contributed by atoms with E-state index in [1.54, 1.807) is 7.11 Å². The highest BCUT2D eigenvalue weighted by atomic mass is 16.5. The second-order valence-corrected chi connectivity index (χ2v) is 6.22. The van der Waals surface area contributed by atoms with Crippen LogP contribution in [0.5, 0.6) is 11.5 Å². The van der Waals surface area contributed by atoms with Crippen LogP contribution in [0.1, 0.15) is 19.3 Å². The minimum atomic E-state index is 0.0973. The van der Waals surface area contributed by atoms with Crippen LogP contribution in [0.2, 0.25) is 0 Å². The lowest BCUT2D eigenvalue weighted by atomic mass is 10.2. The van der Waals surface area contributed by atoms with Gasteiger partial charge in [-0.2, -0.15) is 0 Å². The van der Waals surface area contributed by atoms with Crippen molar-refractivity contribution in [3.05, 3.63) is 12.1 Å². The zero-order chi connectivity index (χ0) is 16.2. The van der Waals surface area contributed by atoms with E-state index < -0.39 is 0 Å². The summed E-state index contributed by atoms with van der Waals surface area (Å²) < 4.78 is 11.5. The second kappa shape index (κ2) is 7.27. The van der Waals surface area contributed by atoms with Gasteiger partial charge in [-0.25, -0.2) is 0 Å². The molecule has 2 N–H and O–H groups in total. The Morgan fingerprint density at radius 2 is 2.04 bits per heavy atom. The molecule has 0 aliphatic carbocycles. The Morgan fingerprint density at radius 3 is 2.74 bits per heavy atom. The number of fused-ring (bicyclic) bond motifs is 1. The number of nitrogens with zero attached hydrogens (tertiary/aromatic N) is 2. The van der Waals surface area contributed by atoms with E-state index in [9.17, 15) is 0 Å². The number of likely N-dealkylation sites (tertiary alicyclic amines) is 1. The maximum absolute atomic E-state index is 5.99. The highest BCUT2D eigenvalue weighted by Crippen LogP contribution is 2.41. The normalized spacial score (nSPS) is 20.5. The third kappa shape index (κ3) is 3.48. The molecule has 1 fully saturated rings. The van der Waals surface area contributed by atoms with Crippen LogP contribution in [0.15, 0.2) is 12.1 Å². The number of hydrogen-bond donors (Lipinski definition) is 2. The lowest BCUT2D eigenvalue weighted by molar-refractivity contribution is 0.254. The summed E-state index contributed by atoms with van der Waals surface area (Å²) >= 11 is 0. The Kier molecular flexibility index (Phi) is 5.13. The highest BCUT2D eigenvalue weighted by Gasteiger charge is 2.26. The molecule has 0 aromatic heterocycles. The molecule has 0 radical (unpaired) electrons. The van der Waals surface area contributed by atoms with Crippen LogP contribution < -0.4 is 25.0 Å². The molecule has 0 spiro atoms. The van der Waals surface area contributed by atoms with Gasteiger partial charge in [-0.15, -0.1) is 0 Å². The number of anilines is 2. The lowest BCUT2D eigenvalue weighted by Gasteiger charge is -2.21. The average Bonchev–Trinajstić information content (AvgIpc) is 3.19. The smallest absolute Gasteiger partial charge is 0.163 e. The van der Waals surface area contributed by atoms with Gasteiger partial charge in [0.1, 0.15) is 0 Å². The van der Waals surface area contributed by atoms with Gasteiger partial charge in [-0.05, 0) is 39.4 Å². The van der Waals surface area contributed by atoms with Crippen LogP contribution in [0.3, 0.4) is 0 Å². The maximum Gasteiger partial charge on any atom is 0.163 e. The summed E-state index contributed by atoms with van der Waals surface area (Å²) in [5, 5.41) is 6.66. The number of ether oxygens (including phenoxy) is 2. The Balaban J connectivity index is 1.60. The minimum Gasteiger partial charge on any atom is -0.493 e. The molecule has 6 nitrogen and oxygen atoms in total. The number of rotatable bonds is 7. The van der Waals surface area contributed by atoms with Gasteiger partial charge in [0.05, 0.1) is 25.1 Å². The minimum absolute atomic E-state index is 0.0973. The van der Waals surface area contributed by atoms with Crippen molar-refractivity contribution in [1.29, 1.82) is 0 Å². The van der Waals surface area contributed by atoms with E-state index in [-0.39, 0.29) is 6.29 Å². The van der Waals surface area contributed by atoms with Gasteiger partial charge in [0.15, 0.2) is 17.8 Å². The molecule has 2 aliphatic heterocycles. The Labute approximate surface area is 138 Å². The number of hydrogen-bond acceptors (Lipinski definition) is 6. The largest absolute Gasteiger partial charge is 0.493 e. The molecule has 0 saturated carbocycles. The van der Waals surface area contributed by atoms with Gasteiger partial charge in [-0.3, -0.25) is 5.32 Å². The molecule has 23 heavy (non-hydrogen) atoms. The number of methoxy groups -OCH3 is 1. The van der Waals surface area contributed by atoms with Crippen molar-refractivity contribution in [2.75, 3.05) is 57.7 Å². The molecular formula is C17H28N4O2. The van der Waals surface area contributed by atoms with Crippen molar-refractivity contribution in [1.82, 2.24) is 10.2 Å². The topological polar surface area (TPSA) is 49.0 Å². The molecular weight excluding hydrogens is 292 g/mol. The predicted molar refractivity (Wildman–Crippen MR) is 93.7 cm³/mol. The van der Waals surface area contributed by atoms with Gasteiger partial charge in [0, 0.05) is 25.7 Å². The summed E-state index contributed by atoms with van der Waals surface area (Å²) in [4.78, 5) is 4.66. The van der Waals surface area contributed by atoms with E-state index in [0.29, 0.717) is 0 Å². The zero-order valence-electron chi connectivity index (χ0n) is 14.4. The predicted octanol–water partition coefficient (Wildman–Crippen LogP) is 1.92. The third-order valence-corrected chi connectivity index (χ3v) is 4.69. The number of nitrogens with one attached hydrogen (secondary N) is 2. The van der Waals surface area contributed by atoms with Gasteiger partial charge >= 0.3 is 0 Å². The molecule has 1 unspecified atom stereocenters. The SMILES string of the molecule is CNC1Nc2cc(OCCCN3CCCC3)c(OC)cc2N1C. The van der Waals surface area contributed by atoms with Crippen LogP contribution in [0.25, 0.3) is 0 Å². The first-order valence-electron chi connectivity index (χ1n) is 8.46. The van der Waals surface area contributed by atoms with Crippen LogP contribution in [-0.4, -0.2) is 58.6 Å². The first-order chi connectivity index (χ1) is 11.2. The first-order valence-corrected chi connectivity index (χ1v) is 8.46. The standard InChI is InChI=1S/C17H28N4O2/c1-18-17-19-13-11-16(15(22-3)12-14(13)20(17)2)23-10-6-9-21-7-4-5-8-21/h11-12,17-19H,4-10H2,1-3H3. The molecule has 0 amide bonds. The zero-order valence-corrected chi connectivity index (χ0v) is 14.4. The fourth-order valence-electron chi connectivity index (χ4n) is 3.35. The summed E-state index contributed by atoms with van der Waals surface area (Å²) in [6, 6.07) is 4.08. The van der Waals surface area contributed by atoms with Crippen molar-refractivity contribution < 1.29 is 9.47 Å². The van der Waals surface area contributed by atoms with Crippen molar-refractivity contribution in [3.8, 4) is 11.5 Å². The fourth-order valence-corrected chi connectivity index (χ4v) is 3.35. The third-order valence-electron chi connectivity index (χ3n) is 4.69. The van der Waals surface area contributed by atoms with Crippen molar-refractivity contribution in [2.45, 2.75) is 25.6 Å². The molecule has 2 heterocycles. The van der Waals surface area contributed by atoms with Gasteiger partial charge < -0.3 is 24.6 Å². The molecule has 1 aromatic carbocycles. The van der Waals surface area contributed by atoms with Crippen molar-refractivity contribution in [3.63, 3.8) is 0 Å². The van der Waals surface area contributed by atoms with Crippen molar-refractivity contribution in [2.24, 2.45) is 0 Å². The summed E-state index contributed by atoms with van der Waals surface area (Å²) in [5.41, 5.74) is 2.19. The monoisotopic (exact) mass is 320 g/mol. The van der Waals surface area contributed by atoms with E-state index in [1.165, 1.54) is 25.9 Å². The Bertz CT molecular complexity index is 532. The number of benzene rings is 1. The van der Waals surface area contributed by atoms with Crippen LogP contribution in [0.4, 0.5) is 11.4 Å². The Morgan fingerprint density at radius 1 is 1.26 bits per heavy atom. The van der Waals surface area contributed by atoms with E-state index in [4.69, 9.17) is 9.47 Å². The fraction of sp³-hybridized carbons (Fsp3) is 0.647. The second-order valence-electron chi connectivity index (χ2n) is 6.22. The maximum atomic E-state index is 5.99. The average molecular weight is 320 g/mol. The summed E-state index contributed by atoms with van der Waals surface area (Å²) in [5.74, 6) is 1.60. The van der Waals surface area contributed by atoms with Gasteiger partial charge in [-0.1, -0.05) is 0 Å². The molecule has 1 saturated heterocycles. The summed E-state index contributed by atoms with van der Waals surface area (Å²) in [6.45, 7) is 4.32. The lowest BCUT2D eigenvalue weighted by Crippen LogP contribution is -2.43. The highest BCUT2D eigenvalue weighted by molar-refractivity contribution is 5.79. The molecule has 6 heteroatoms. The van der Waals surface area contributed by atoms with Crippen LogP contribution >= 0.6 is 0 Å². The van der Waals surface area contributed by atoms with E-state index >= 15 is 0 Å². The molecule has 0 bridgehead atoms. The molecule has 1 aromatic rings.